The molecule has 0 heterocycles. The molecule has 0 unspecified atom stereocenters. The Hall–Kier alpha value is -0.454. The zero-order chi connectivity index (χ0) is 3.58. The van der Waals surface area contributed by atoms with E-state index in [1.165, 1.54) is 0 Å². The fourth-order valence-corrected chi connectivity index (χ4v) is 0. The molecule has 0 aromatic carbocycles. The Morgan fingerprint density at radius 2 is 1.11 bits per heavy atom. The Morgan fingerprint density at radius 1 is 1.11 bits per heavy atom. The van der Waals surface area contributed by atoms with E-state index in [0.717, 1.165) is 0 Å². The fourth-order valence-electron chi connectivity index (χ4n) is 0. The van der Waals surface area contributed by atoms with Crippen LogP contribution >= 0.6 is 0 Å². The third-order valence-corrected chi connectivity index (χ3v) is 0. The second kappa shape index (κ2) is 49.9. The van der Waals surface area contributed by atoms with Gasteiger partial charge in [-0.15, -0.1) is 10.1 Å². The Kier molecular flexibility index (Phi) is 416. The van der Waals surface area contributed by atoms with Crippen molar-refractivity contribution in [2.75, 3.05) is 0 Å². The van der Waals surface area contributed by atoms with Crippen molar-refractivity contribution in [2.24, 2.45) is 0 Å². The first-order chi connectivity index (χ1) is 1.73. The summed E-state index contributed by atoms with van der Waals surface area (Å²) in [5.74, 6) is 0. The Morgan fingerprint density at radius 3 is 1.11 bits per heavy atom. The third-order valence-electron chi connectivity index (χ3n) is 0. The van der Waals surface area contributed by atoms with Gasteiger partial charge in [-0.2, -0.15) is 0 Å². The summed E-state index contributed by atoms with van der Waals surface area (Å²) in [5, 5.41) is 13.6. The number of rotatable bonds is 0. The average molecular weight is 194 g/mol. The molecular weight excluding hydrogens is 185 g/mol. The fraction of sp³-hybridized carbons (Fsp3) is 0. The van der Waals surface area contributed by atoms with Crippen LogP contribution in [0.1, 0.15) is 0 Å². The molecule has 8 nitrogen and oxygen atoms in total. The molecule has 0 rings (SSSR count). The van der Waals surface area contributed by atoms with Gasteiger partial charge >= 0.3 is 0 Å². The van der Waals surface area contributed by atoms with Gasteiger partial charge in [0.15, 0.2) is 0 Å². The van der Waals surface area contributed by atoms with E-state index in [-0.39, 0.29) is 38.7 Å². The van der Waals surface area contributed by atoms with Crippen LogP contribution in [-0.4, -0.2) is 32.2 Å². The first kappa shape index (κ1) is 75.1. The smallest absolute Gasteiger partial charge is 0.291 e. The van der Waals surface area contributed by atoms with Gasteiger partial charge in [-0.05, 0) is 0 Å². The van der Waals surface area contributed by atoms with E-state index in [1.54, 1.807) is 0 Å². The van der Waals surface area contributed by atoms with Gasteiger partial charge in [0.05, 0.1) is 0 Å². The monoisotopic (exact) mass is 194 g/mol. The molecule has 0 saturated heterocycles. The van der Waals surface area contributed by atoms with Crippen LogP contribution in [-0.2, 0) is 16.8 Å². The maximum atomic E-state index is 8.36. The predicted molar refractivity (Wildman–Crippen MR) is 23.2 cm³/mol. The molecule has 0 fully saturated rings. The summed E-state index contributed by atoms with van der Waals surface area (Å²) >= 11 is 0. The van der Waals surface area contributed by atoms with Gasteiger partial charge in [0.2, 0.25) is 0 Å². The first-order valence-electron chi connectivity index (χ1n) is 0.565. The second-order valence-electron chi connectivity index (χ2n) is 0.238. The molecule has 0 bridgehead atoms. The van der Waals surface area contributed by atoms with Gasteiger partial charge < -0.3 is 27.1 Å². The van der Waals surface area contributed by atoms with Crippen molar-refractivity contribution in [2.45, 2.75) is 0 Å². The van der Waals surface area contributed by atoms with E-state index >= 15 is 0 Å². The van der Waals surface area contributed by atoms with Crippen LogP contribution in [0.3, 0.4) is 0 Å². The van der Waals surface area contributed by atoms with Gasteiger partial charge in [-0.3, -0.25) is 0 Å². The molecule has 0 amide bonds. The Bertz CT molecular complexity index is 31.9. The van der Waals surface area contributed by atoms with Gasteiger partial charge in [-0.25, -0.2) is 0 Å². The first-order valence-corrected chi connectivity index (χ1v) is 0.565. The van der Waals surface area contributed by atoms with Crippen LogP contribution in [0.5, 0.6) is 0 Å². The van der Waals surface area contributed by atoms with Crippen molar-refractivity contribution < 1.29 is 49.0 Å². The van der Waals surface area contributed by atoms with Crippen LogP contribution in [0.15, 0.2) is 0 Å². The van der Waals surface area contributed by atoms with Crippen molar-refractivity contribution >= 4 is 0 Å². The van der Waals surface area contributed by atoms with Crippen molar-refractivity contribution in [3.8, 4) is 0 Å². The maximum absolute atomic E-state index is 8.36. The quantitative estimate of drug-likeness (QED) is 0.307. The van der Waals surface area contributed by atoms with E-state index in [2.05, 4.69) is 0 Å². The van der Waals surface area contributed by atoms with E-state index in [4.69, 9.17) is 15.3 Å². The summed E-state index contributed by atoms with van der Waals surface area (Å²) in [6.07, 6.45) is 0. The molecule has 0 aliphatic carbocycles. The molecular formula is H9CoNO7. The van der Waals surface area contributed by atoms with Crippen LogP contribution in [0.4, 0.5) is 0 Å². The van der Waals surface area contributed by atoms with E-state index in [9.17, 15) is 0 Å². The molecule has 65 valence electrons. The van der Waals surface area contributed by atoms with Crippen molar-refractivity contribution in [3.05, 3.63) is 10.1 Å². The number of nitrogens with zero attached hydrogens (tertiary/aromatic N) is 1. The van der Waals surface area contributed by atoms with Crippen molar-refractivity contribution in [3.63, 3.8) is 0 Å². The van der Waals surface area contributed by atoms with E-state index in [0.29, 0.717) is 0 Å². The molecule has 0 aliphatic heterocycles. The summed E-state index contributed by atoms with van der Waals surface area (Å²) < 4.78 is 0. The zero-order valence-electron chi connectivity index (χ0n) is 4.04. The topological polar surface area (TPSA) is 189 Å². The molecule has 0 aromatic rings. The minimum Gasteiger partial charge on any atom is -0.412 e. The van der Waals surface area contributed by atoms with Crippen LogP contribution in [0.25, 0.3) is 0 Å². The summed E-state index contributed by atoms with van der Waals surface area (Å²) in [4.78, 5) is 8.36. The molecule has 9 N–H and O–H groups in total. The van der Waals surface area contributed by atoms with Gasteiger partial charge in [0, 0.05) is 16.8 Å². The second-order valence-corrected chi connectivity index (χ2v) is 0.238. The van der Waals surface area contributed by atoms with Crippen LogP contribution < -0.4 is 0 Å². The maximum Gasteiger partial charge on any atom is 0.291 e. The van der Waals surface area contributed by atoms with Crippen molar-refractivity contribution in [1.82, 2.24) is 0 Å². The van der Waals surface area contributed by atoms with Gasteiger partial charge in [-0.1, -0.05) is 0 Å². The zero-order valence-corrected chi connectivity index (χ0v) is 5.09. The summed E-state index contributed by atoms with van der Waals surface area (Å²) in [6.45, 7) is 0. The SMILES string of the molecule is O.O.O.O.O=[N+]([O-])O.[Co]. The average Bonchev–Trinajstić information content (AvgIpc) is 0.811. The summed E-state index contributed by atoms with van der Waals surface area (Å²) in [7, 11) is 0. The molecule has 0 aliphatic rings. The minimum absolute atomic E-state index is 0. The molecule has 0 aromatic heterocycles. The Labute approximate surface area is 60.0 Å². The standard InChI is InChI=1S/Co.HNO3.4H2O/c;2-1(3)4;;;;/h;(H,2,3,4);4*1H2. The molecule has 9 heteroatoms. The largest absolute Gasteiger partial charge is 0.412 e. The molecule has 0 spiro atoms. The Balaban J connectivity index is -0.00000000450. The number of hydrogen-bond acceptors (Lipinski definition) is 2. The molecule has 0 atom stereocenters. The third kappa shape index (κ3) is 1130. The summed E-state index contributed by atoms with van der Waals surface area (Å²) in [6, 6.07) is 0. The van der Waals surface area contributed by atoms with Crippen LogP contribution in [0.2, 0.25) is 0 Å². The van der Waals surface area contributed by atoms with Crippen molar-refractivity contribution in [1.29, 1.82) is 0 Å². The van der Waals surface area contributed by atoms with E-state index in [1.807, 2.05) is 0 Å². The molecule has 0 saturated carbocycles. The van der Waals surface area contributed by atoms with Gasteiger partial charge in [0.25, 0.3) is 5.09 Å². The normalized spacial score (nSPS) is 2.67. The van der Waals surface area contributed by atoms with Gasteiger partial charge in [0.1, 0.15) is 0 Å². The van der Waals surface area contributed by atoms with E-state index < -0.39 is 5.09 Å². The molecule has 9 heavy (non-hydrogen) atoms. The number of hydrogen-bond donors (Lipinski definition) is 1. The predicted octanol–water partition coefficient (Wildman–Crippen LogP) is -3.65. The van der Waals surface area contributed by atoms with Crippen LogP contribution in [0, 0.1) is 10.1 Å². The molecule has 1 radical (unpaired) electrons. The minimum atomic E-state index is -1.50. The summed E-state index contributed by atoms with van der Waals surface area (Å²) in [5.41, 5.74) is 0.